The van der Waals surface area contributed by atoms with E-state index in [1.54, 1.807) is 0 Å². The van der Waals surface area contributed by atoms with Gasteiger partial charge in [0.05, 0.1) is 5.39 Å². The highest BCUT2D eigenvalue weighted by atomic mass is 35.5. The second kappa shape index (κ2) is 2.81. The molecule has 0 radical (unpaired) electrons. The van der Waals surface area contributed by atoms with E-state index in [1.165, 1.54) is 12.1 Å². The molecule has 0 bridgehead atoms. The van der Waals surface area contributed by atoms with E-state index in [9.17, 15) is 9.18 Å². The number of halogens is 2. The number of rotatable bonds is 0. The highest BCUT2D eigenvalue weighted by molar-refractivity contribution is 6.34. The summed E-state index contributed by atoms with van der Waals surface area (Å²) in [7, 11) is 0. The van der Waals surface area contributed by atoms with Crippen molar-refractivity contribution in [2.45, 2.75) is 0 Å². The van der Waals surface area contributed by atoms with Crippen molar-refractivity contribution in [3.8, 4) is 0 Å². The SMILES string of the molecule is O=c1[nH]nc(Cl)c2ccc(F)cc12. The molecule has 1 aromatic carbocycles. The average molecular weight is 199 g/mol. The largest absolute Gasteiger partial charge is 0.272 e. The van der Waals surface area contributed by atoms with E-state index >= 15 is 0 Å². The minimum atomic E-state index is -0.472. The number of nitrogens with one attached hydrogen (secondary N) is 1. The molecule has 0 atom stereocenters. The van der Waals surface area contributed by atoms with Crippen LogP contribution in [-0.4, -0.2) is 10.2 Å². The molecule has 0 saturated heterocycles. The maximum absolute atomic E-state index is 12.7. The number of hydrogen-bond acceptors (Lipinski definition) is 2. The van der Waals surface area contributed by atoms with E-state index in [2.05, 4.69) is 10.2 Å². The zero-order chi connectivity index (χ0) is 9.42. The lowest BCUT2D eigenvalue weighted by Crippen LogP contribution is -2.08. The normalized spacial score (nSPS) is 10.6. The minimum Gasteiger partial charge on any atom is -0.267 e. The zero-order valence-electron chi connectivity index (χ0n) is 6.34. The van der Waals surface area contributed by atoms with Gasteiger partial charge in [-0.1, -0.05) is 11.6 Å². The van der Waals surface area contributed by atoms with Gasteiger partial charge in [-0.15, -0.1) is 0 Å². The van der Waals surface area contributed by atoms with Crippen LogP contribution in [0.5, 0.6) is 0 Å². The molecule has 0 fully saturated rings. The molecular weight excluding hydrogens is 195 g/mol. The lowest BCUT2D eigenvalue weighted by Gasteiger charge is -1.97. The maximum atomic E-state index is 12.7. The standard InChI is InChI=1S/C8H4ClFN2O/c9-7-5-2-1-4(10)3-6(5)8(13)12-11-7/h1-3H,(H,12,13). The van der Waals surface area contributed by atoms with Gasteiger partial charge in [0.1, 0.15) is 5.82 Å². The average Bonchev–Trinajstić information content (AvgIpc) is 2.12. The fourth-order valence-electron chi connectivity index (χ4n) is 1.10. The summed E-state index contributed by atoms with van der Waals surface area (Å²) in [5, 5.41) is 6.53. The van der Waals surface area contributed by atoms with Gasteiger partial charge in [0, 0.05) is 5.39 Å². The number of H-pyrrole nitrogens is 1. The molecule has 0 saturated carbocycles. The van der Waals surface area contributed by atoms with Crippen LogP contribution < -0.4 is 5.56 Å². The molecule has 1 N–H and O–H groups in total. The number of fused-ring (bicyclic) bond motifs is 1. The van der Waals surface area contributed by atoms with Gasteiger partial charge in [-0.05, 0) is 18.2 Å². The van der Waals surface area contributed by atoms with Crippen molar-refractivity contribution in [1.29, 1.82) is 0 Å². The highest BCUT2D eigenvalue weighted by Gasteiger charge is 2.04. The Morgan fingerprint density at radius 3 is 2.92 bits per heavy atom. The molecule has 0 aliphatic heterocycles. The number of aromatic amines is 1. The Bertz CT molecular complexity index is 523. The van der Waals surface area contributed by atoms with Crippen molar-refractivity contribution in [2.75, 3.05) is 0 Å². The summed E-state index contributed by atoms with van der Waals surface area (Å²) in [6, 6.07) is 3.78. The molecule has 0 aliphatic rings. The fourth-order valence-corrected chi connectivity index (χ4v) is 1.31. The van der Waals surface area contributed by atoms with E-state index in [0.717, 1.165) is 6.07 Å². The Morgan fingerprint density at radius 1 is 1.38 bits per heavy atom. The number of nitrogens with zero attached hydrogens (tertiary/aromatic N) is 1. The molecule has 5 heteroatoms. The molecule has 0 unspecified atom stereocenters. The predicted octanol–water partition coefficient (Wildman–Crippen LogP) is 1.72. The van der Waals surface area contributed by atoms with E-state index in [4.69, 9.17) is 11.6 Å². The van der Waals surface area contributed by atoms with Gasteiger partial charge in [0.25, 0.3) is 5.56 Å². The van der Waals surface area contributed by atoms with Gasteiger partial charge in [0.2, 0.25) is 0 Å². The zero-order valence-corrected chi connectivity index (χ0v) is 7.10. The molecule has 13 heavy (non-hydrogen) atoms. The van der Waals surface area contributed by atoms with Crippen LogP contribution in [0, 0.1) is 5.82 Å². The first-order valence-corrected chi connectivity index (χ1v) is 3.90. The van der Waals surface area contributed by atoms with Crippen LogP contribution in [0.25, 0.3) is 10.8 Å². The summed E-state index contributed by atoms with van der Waals surface area (Å²) < 4.78 is 12.7. The molecule has 2 aromatic rings. The minimum absolute atomic E-state index is 0.162. The molecule has 0 aliphatic carbocycles. The third-order valence-electron chi connectivity index (χ3n) is 1.70. The summed E-state index contributed by atoms with van der Waals surface area (Å²) in [6.07, 6.45) is 0. The van der Waals surface area contributed by atoms with E-state index < -0.39 is 11.4 Å². The van der Waals surface area contributed by atoms with Crippen LogP contribution in [-0.2, 0) is 0 Å². The summed E-state index contributed by atoms with van der Waals surface area (Å²) in [4.78, 5) is 11.1. The van der Waals surface area contributed by atoms with Crippen molar-refractivity contribution < 1.29 is 4.39 Å². The highest BCUT2D eigenvalue weighted by Crippen LogP contribution is 2.17. The monoisotopic (exact) mass is 198 g/mol. The molecule has 3 nitrogen and oxygen atoms in total. The Kier molecular flexibility index (Phi) is 1.77. The lowest BCUT2D eigenvalue weighted by molar-refractivity contribution is 0.629. The van der Waals surface area contributed by atoms with Gasteiger partial charge in [-0.2, -0.15) is 5.10 Å². The summed E-state index contributed by atoms with van der Waals surface area (Å²) in [5.41, 5.74) is -0.445. The first-order chi connectivity index (χ1) is 6.18. The Balaban J connectivity index is 3.01. The molecule has 2 rings (SSSR count). The van der Waals surface area contributed by atoms with Crippen LogP contribution in [0.1, 0.15) is 0 Å². The van der Waals surface area contributed by atoms with E-state index in [0.29, 0.717) is 5.39 Å². The van der Waals surface area contributed by atoms with Gasteiger partial charge in [-0.3, -0.25) is 4.79 Å². The molecule has 1 heterocycles. The quantitative estimate of drug-likeness (QED) is 0.701. The number of benzene rings is 1. The van der Waals surface area contributed by atoms with Gasteiger partial charge in [-0.25, -0.2) is 9.49 Å². The summed E-state index contributed by atoms with van der Waals surface area (Å²) in [5.74, 6) is -0.472. The van der Waals surface area contributed by atoms with Crippen LogP contribution in [0.15, 0.2) is 23.0 Å². The number of hydrogen-bond donors (Lipinski definition) is 1. The third kappa shape index (κ3) is 1.29. The smallest absolute Gasteiger partial charge is 0.267 e. The van der Waals surface area contributed by atoms with Crippen molar-refractivity contribution in [1.82, 2.24) is 10.2 Å². The first kappa shape index (κ1) is 8.19. The molecule has 1 aromatic heterocycles. The van der Waals surface area contributed by atoms with Crippen LogP contribution >= 0.6 is 11.6 Å². The first-order valence-electron chi connectivity index (χ1n) is 3.52. The van der Waals surface area contributed by atoms with Crippen molar-refractivity contribution >= 4 is 22.4 Å². The Morgan fingerprint density at radius 2 is 2.15 bits per heavy atom. The molecule has 0 amide bonds. The van der Waals surface area contributed by atoms with E-state index in [-0.39, 0.29) is 10.5 Å². The Labute approximate surface area is 77.2 Å². The second-order valence-corrected chi connectivity index (χ2v) is 2.89. The predicted molar refractivity (Wildman–Crippen MR) is 47.3 cm³/mol. The maximum Gasteiger partial charge on any atom is 0.272 e. The van der Waals surface area contributed by atoms with Gasteiger partial charge >= 0.3 is 0 Å². The van der Waals surface area contributed by atoms with E-state index in [1.807, 2.05) is 0 Å². The van der Waals surface area contributed by atoms with Crippen molar-refractivity contribution in [2.24, 2.45) is 0 Å². The van der Waals surface area contributed by atoms with Gasteiger partial charge < -0.3 is 0 Å². The third-order valence-corrected chi connectivity index (χ3v) is 1.99. The summed E-state index contributed by atoms with van der Waals surface area (Å²) in [6.45, 7) is 0. The van der Waals surface area contributed by atoms with Crippen LogP contribution in [0.4, 0.5) is 4.39 Å². The van der Waals surface area contributed by atoms with Crippen molar-refractivity contribution in [3.05, 3.63) is 39.5 Å². The van der Waals surface area contributed by atoms with Gasteiger partial charge in [0.15, 0.2) is 5.15 Å². The lowest BCUT2D eigenvalue weighted by atomic mass is 10.2. The topological polar surface area (TPSA) is 45.8 Å². The molecular formula is C8H4ClFN2O. The molecule has 0 spiro atoms. The fraction of sp³-hybridized carbons (Fsp3) is 0. The second-order valence-electron chi connectivity index (χ2n) is 2.53. The summed E-state index contributed by atoms with van der Waals surface area (Å²) >= 11 is 5.68. The molecule has 66 valence electrons. The van der Waals surface area contributed by atoms with Crippen LogP contribution in [0.3, 0.4) is 0 Å². The van der Waals surface area contributed by atoms with Crippen LogP contribution in [0.2, 0.25) is 5.15 Å². The Hall–Kier alpha value is -1.42. The number of aromatic nitrogens is 2. The van der Waals surface area contributed by atoms with Crippen molar-refractivity contribution in [3.63, 3.8) is 0 Å².